The van der Waals surface area contributed by atoms with Gasteiger partial charge in [-0.25, -0.2) is 14.3 Å². The van der Waals surface area contributed by atoms with Crippen LogP contribution >= 0.6 is 0 Å². The van der Waals surface area contributed by atoms with E-state index >= 15 is 0 Å². The van der Waals surface area contributed by atoms with Crippen molar-refractivity contribution in [2.45, 2.75) is 18.9 Å². The molecule has 0 radical (unpaired) electrons. The van der Waals surface area contributed by atoms with E-state index in [4.69, 9.17) is 5.11 Å². The van der Waals surface area contributed by atoms with E-state index in [0.717, 1.165) is 17.5 Å². The number of nitrogens with zero attached hydrogens (tertiary/aromatic N) is 3. The highest BCUT2D eigenvalue weighted by atomic mass is 16.4. The fourth-order valence-corrected chi connectivity index (χ4v) is 1.29. The van der Waals surface area contributed by atoms with Crippen molar-refractivity contribution >= 4 is 5.97 Å². The van der Waals surface area contributed by atoms with Crippen LogP contribution in [0.1, 0.15) is 29.5 Å². The van der Waals surface area contributed by atoms with Gasteiger partial charge >= 0.3 is 11.7 Å². The number of rotatable bonds is 2. The van der Waals surface area contributed by atoms with Crippen molar-refractivity contribution < 1.29 is 9.90 Å². The van der Waals surface area contributed by atoms with Crippen molar-refractivity contribution in [2.75, 3.05) is 0 Å². The summed E-state index contributed by atoms with van der Waals surface area (Å²) in [5.41, 5.74) is -0.347. The Morgan fingerprint density at radius 1 is 1.62 bits per heavy atom. The van der Waals surface area contributed by atoms with Crippen LogP contribution in [-0.4, -0.2) is 25.4 Å². The highest BCUT2D eigenvalue weighted by Gasteiger charge is 2.31. The van der Waals surface area contributed by atoms with E-state index in [1.165, 1.54) is 11.6 Å². The Hall–Kier alpha value is -1.59. The molecule has 0 atom stereocenters. The van der Waals surface area contributed by atoms with Crippen LogP contribution in [0.15, 0.2) is 4.79 Å². The molecule has 2 rings (SSSR count). The summed E-state index contributed by atoms with van der Waals surface area (Å²) in [5.74, 6) is -1.31. The Bertz CT molecular complexity index is 413. The van der Waals surface area contributed by atoms with Gasteiger partial charge in [-0.2, -0.15) is 0 Å². The van der Waals surface area contributed by atoms with Gasteiger partial charge in [0.25, 0.3) is 0 Å². The minimum atomic E-state index is -1.15. The molecule has 13 heavy (non-hydrogen) atoms. The SMILES string of the molecule is Cn1nc(C(=O)O)n(C2CC2)c1=O. The number of carbonyl (C=O) groups is 1. The fraction of sp³-hybridized carbons (Fsp3) is 0.571. The molecule has 1 N–H and O–H groups in total. The molecule has 6 nitrogen and oxygen atoms in total. The molecule has 0 bridgehead atoms. The van der Waals surface area contributed by atoms with E-state index in [1.807, 2.05) is 0 Å². The van der Waals surface area contributed by atoms with Crippen molar-refractivity contribution in [3.63, 3.8) is 0 Å². The van der Waals surface area contributed by atoms with Crippen LogP contribution in [0.4, 0.5) is 0 Å². The van der Waals surface area contributed by atoms with E-state index in [1.54, 1.807) is 0 Å². The molecule has 0 spiro atoms. The number of aryl methyl sites for hydroxylation is 1. The van der Waals surface area contributed by atoms with Crippen LogP contribution in [0.5, 0.6) is 0 Å². The Morgan fingerprint density at radius 2 is 2.23 bits per heavy atom. The fourth-order valence-electron chi connectivity index (χ4n) is 1.29. The summed E-state index contributed by atoms with van der Waals surface area (Å²) in [5, 5.41) is 12.4. The van der Waals surface area contributed by atoms with Gasteiger partial charge in [0.1, 0.15) is 0 Å². The smallest absolute Gasteiger partial charge is 0.374 e. The number of aromatic carboxylic acids is 1. The molecular weight excluding hydrogens is 174 g/mol. The number of aromatic nitrogens is 3. The Balaban J connectivity index is 2.61. The molecule has 1 fully saturated rings. The summed E-state index contributed by atoms with van der Waals surface area (Å²) in [6.07, 6.45) is 1.73. The van der Waals surface area contributed by atoms with Gasteiger partial charge in [0.2, 0.25) is 5.82 Å². The molecule has 1 aromatic heterocycles. The maximum atomic E-state index is 11.4. The normalized spacial score (nSPS) is 16.1. The lowest BCUT2D eigenvalue weighted by Crippen LogP contribution is -2.23. The molecule has 70 valence electrons. The molecule has 1 heterocycles. The summed E-state index contributed by atoms with van der Waals surface area (Å²) < 4.78 is 2.31. The molecule has 6 heteroatoms. The molecule has 1 aliphatic rings. The second kappa shape index (κ2) is 2.45. The van der Waals surface area contributed by atoms with Crippen LogP contribution in [0.2, 0.25) is 0 Å². The maximum Gasteiger partial charge on any atom is 0.374 e. The lowest BCUT2D eigenvalue weighted by molar-refractivity contribution is 0.0676. The zero-order valence-electron chi connectivity index (χ0n) is 7.10. The summed E-state index contributed by atoms with van der Waals surface area (Å²) in [6, 6.07) is 0.0484. The molecule has 0 unspecified atom stereocenters. The lowest BCUT2D eigenvalue weighted by atomic mass is 10.5. The number of carboxylic acid groups (broad SMARTS) is 1. The number of hydrogen-bond acceptors (Lipinski definition) is 3. The lowest BCUT2D eigenvalue weighted by Gasteiger charge is -1.96. The third-order valence-electron chi connectivity index (χ3n) is 2.06. The third-order valence-corrected chi connectivity index (χ3v) is 2.06. The first-order valence-electron chi connectivity index (χ1n) is 4.00. The van der Waals surface area contributed by atoms with E-state index in [2.05, 4.69) is 5.10 Å². The standard InChI is InChI=1S/C7H9N3O3/c1-9-7(13)10(4-2-3-4)5(8-9)6(11)12/h4H,2-3H2,1H3,(H,11,12). The zero-order valence-corrected chi connectivity index (χ0v) is 7.10. The first-order valence-corrected chi connectivity index (χ1v) is 4.00. The molecule has 0 aromatic carbocycles. The first kappa shape index (κ1) is 8.03. The van der Waals surface area contributed by atoms with Crippen LogP contribution < -0.4 is 5.69 Å². The summed E-state index contributed by atoms with van der Waals surface area (Å²) in [6.45, 7) is 0. The average molecular weight is 183 g/mol. The monoisotopic (exact) mass is 183 g/mol. The Kier molecular flexibility index (Phi) is 1.51. The van der Waals surface area contributed by atoms with Crippen LogP contribution in [0, 0.1) is 0 Å². The summed E-state index contributed by atoms with van der Waals surface area (Å²) >= 11 is 0. The highest BCUT2D eigenvalue weighted by molar-refractivity contribution is 5.83. The predicted molar refractivity (Wildman–Crippen MR) is 42.7 cm³/mol. The van der Waals surface area contributed by atoms with Crippen molar-refractivity contribution in [3.05, 3.63) is 16.3 Å². The quantitative estimate of drug-likeness (QED) is 0.677. The van der Waals surface area contributed by atoms with Gasteiger partial charge in [-0.1, -0.05) is 0 Å². The van der Waals surface area contributed by atoms with Crippen molar-refractivity contribution in [1.29, 1.82) is 0 Å². The topological polar surface area (TPSA) is 77.1 Å². The van der Waals surface area contributed by atoms with Gasteiger partial charge in [-0.3, -0.25) is 4.57 Å². The van der Waals surface area contributed by atoms with E-state index in [-0.39, 0.29) is 17.6 Å². The molecule has 1 saturated carbocycles. The van der Waals surface area contributed by atoms with Gasteiger partial charge in [0.15, 0.2) is 0 Å². The number of hydrogen-bond donors (Lipinski definition) is 1. The second-order valence-corrected chi connectivity index (χ2v) is 3.14. The van der Waals surface area contributed by atoms with Gasteiger partial charge in [0, 0.05) is 13.1 Å². The predicted octanol–water partition coefficient (Wildman–Crippen LogP) is -0.385. The first-order chi connectivity index (χ1) is 6.11. The van der Waals surface area contributed by atoms with Crippen molar-refractivity contribution in [1.82, 2.24) is 14.3 Å². The highest BCUT2D eigenvalue weighted by Crippen LogP contribution is 2.34. The number of carboxylic acids is 1. The van der Waals surface area contributed by atoms with Gasteiger partial charge < -0.3 is 5.11 Å². The summed E-state index contributed by atoms with van der Waals surface area (Å²) in [7, 11) is 1.45. The average Bonchev–Trinajstić information content (AvgIpc) is 2.82. The van der Waals surface area contributed by atoms with Gasteiger partial charge in [-0.15, -0.1) is 5.10 Å². The minimum Gasteiger partial charge on any atom is -0.475 e. The molecule has 1 aliphatic carbocycles. The van der Waals surface area contributed by atoms with Crippen LogP contribution in [0.25, 0.3) is 0 Å². The van der Waals surface area contributed by atoms with Crippen LogP contribution in [0.3, 0.4) is 0 Å². The zero-order chi connectivity index (χ0) is 9.59. The molecule has 0 amide bonds. The summed E-state index contributed by atoms with van der Waals surface area (Å²) in [4.78, 5) is 22.1. The molecule has 0 aliphatic heterocycles. The third kappa shape index (κ3) is 1.14. The largest absolute Gasteiger partial charge is 0.475 e. The van der Waals surface area contributed by atoms with Crippen LogP contribution in [-0.2, 0) is 7.05 Å². The van der Waals surface area contributed by atoms with E-state index in [0.29, 0.717) is 0 Å². The van der Waals surface area contributed by atoms with Crippen molar-refractivity contribution in [3.8, 4) is 0 Å². The van der Waals surface area contributed by atoms with Crippen molar-refractivity contribution in [2.24, 2.45) is 7.05 Å². The Labute approximate surface area is 73.4 Å². The second-order valence-electron chi connectivity index (χ2n) is 3.14. The maximum absolute atomic E-state index is 11.4. The van der Waals surface area contributed by atoms with Gasteiger partial charge in [-0.05, 0) is 12.8 Å². The van der Waals surface area contributed by atoms with E-state index in [9.17, 15) is 9.59 Å². The van der Waals surface area contributed by atoms with Gasteiger partial charge in [0.05, 0.1) is 0 Å². The molecule has 0 saturated heterocycles. The molecular formula is C7H9N3O3. The van der Waals surface area contributed by atoms with E-state index < -0.39 is 5.97 Å². The Morgan fingerprint density at radius 3 is 2.69 bits per heavy atom. The minimum absolute atomic E-state index is 0.0484. The molecule has 1 aromatic rings.